The van der Waals surface area contributed by atoms with Crippen molar-refractivity contribution in [3.05, 3.63) is 40.4 Å². The molecule has 1 aromatic heterocycles. The van der Waals surface area contributed by atoms with Crippen LogP contribution in [-0.4, -0.2) is 111 Å². The summed E-state index contributed by atoms with van der Waals surface area (Å²) in [6.45, 7) is 7.89. The zero-order chi connectivity index (χ0) is 35.6. The van der Waals surface area contributed by atoms with Crippen molar-refractivity contribution in [2.45, 2.75) is 75.9 Å². The molecule has 0 radical (unpaired) electrons. The molecule has 3 aliphatic rings. The second-order valence-electron chi connectivity index (χ2n) is 11.4. The monoisotopic (exact) mass is 710 g/mol. The normalized spacial score (nSPS) is 23.6. The summed E-state index contributed by atoms with van der Waals surface area (Å²) in [5.41, 5.74) is 13.0. The van der Waals surface area contributed by atoms with E-state index in [1.165, 1.54) is 0 Å². The topological polar surface area (TPSA) is 257 Å². The number of thiazole rings is 1. The number of nitrogens with zero attached hydrogens (tertiary/aromatic N) is 4. The fourth-order valence-corrected chi connectivity index (χ4v) is 6.25. The summed E-state index contributed by atoms with van der Waals surface area (Å²) in [7, 11) is 1.00. The second-order valence-corrected chi connectivity index (χ2v) is 12.6. The van der Waals surface area contributed by atoms with Gasteiger partial charge in [0, 0.05) is 30.6 Å². The van der Waals surface area contributed by atoms with E-state index in [9.17, 15) is 14.7 Å². The Bertz CT molecular complexity index is 1470. The number of rotatable bonds is 11. The smallest absolute Gasteiger partial charge is 0.276 e. The molecule has 0 saturated carbocycles. The lowest BCUT2D eigenvalue weighted by molar-refractivity contribution is -0.214. The molecule has 2 fully saturated rings. The molecule has 48 heavy (non-hydrogen) atoms. The Kier molecular flexibility index (Phi) is 14.1. The van der Waals surface area contributed by atoms with Gasteiger partial charge in [0.25, 0.3) is 11.8 Å². The number of aromatic nitrogens is 1. The number of carbonyl (C=O) groups is 3. The number of aryl methyl sites for hydroxylation is 1. The molecular formula is C29H42N8O9S2. The largest absolute Gasteiger partial charge is 0.486 e. The molecule has 2 amide bonds. The molecule has 19 heteroatoms. The number of hydroxylamine groups is 2. The number of nitrogen functional groups attached to an aromatic ring is 1. The van der Waals surface area contributed by atoms with Crippen LogP contribution in [0.15, 0.2) is 33.7 Å². The van der Waals surface area contributed by atoms with Gasteiger partial charge in [-0.2, -0.15) is 9.35 Å². The maximum Gasteiger partial charge on any atom is 0.276 e. The van der Waals surface area contributed by atoms with Gasteiger partial charge >= 0.3 is 0 Å². The zero-order valence-electron chi connectivity index (χ0n) is 27.0. The Balaban J connectivity index is 0.00000151. The lowest BCUT2D eigenvalue weighted by Crippen LogP contribution is -2.76. The fraction of sp³-hybridized carbons (Fsp3) is 0.517. The highest BCUT2D eigenvalue weighted by Gasteiger charge is 2.57. The average molecular weight is 711 g/mol. The number of hydrogen-bond donors (Lipinski definition) is 7. The molecule has 2 saturated heterocycles. The van der Waals surface area contributed by atoms with Crippen molar-refractivity contribution in [1.29, 1.82) is 0 Å². The number of nitrogens with two attached hydrogens (primary N) is 2. The lowest BCUT2D eigenvalue weighted by atomic mass is 9.84. The summed E-state index contributed by atoms with van der Waals surface area (Å²) >= 11 is 1.17. The highest BCUT2D eigenvalue weighted by atomic mass is 32.2. The quantitative estimate of drug-likeness (QED) is 0.0542. The second kappa shape index (κ2) is 17.5. The van der Waals surface area contributed by atoms with Crippen LogP contribution in [0.25, 0.3) is 0 Å². The number of ether oxygens (including phenoxy) is 1. The predicted molar refractivity (Wildman–Crippen MR) is 180 cm³/mol. The highest BCUT2D eigenvalue weighted by molar-refractivity contribution is 7.88. The van der Waals surface area contributed by atoms with Gasteiger partial charge in [0.15, 0.2) is 29.3 Å². The van der Waals surface area contributed by atoms with Crippen molar-refractivity contribution in [3.63, 3.8) is 0 Å². The van der Waals surface area contributed by atoms with Crippen LogP contribution in [0, 0.1) is 0 Å². The number of benzene rings is 1. The number of oxime groups is 1. The third-order valence-electron chi connectivity index (χ3n) is 7.95. The number of fused-ring (bicyclic) bond motifs is 1. The maximum atomic E-state index is 13.3. The van der Waals surface area contributed by atoms with Crippen molar-refractivity contribution >= 4 is 58.9 Å². The Morgan fingerprint density at radius 1 is 1.38 bits per heavy atom. The van der Waals surface area contributed by atoms with Gasteiger partial charge in [-0.3, -0.25) is 14.6 Å². The summed E-state index contributed by atoms with van der Waals surface area (Å²) in [6.07, 6.45) is 1.16. The molecule has 17 nitrogen and oxygen atoms in total. The van der Waals surface area contributed by atoms with E-state index in [1.54, 1.807) is 26.2 Å². The SMILES string of the molecule is C=O.CC(O/N=C(\C(=O)NC1C(=O)N(OSO)C1(C)C)c1csc(N)n1)C1CCc2cc(C(N)=NC3CN[C@@H](CO)C3)ccc2O1.CO. The van der Waals surface area contributed by atoms with Crippen LogP contribution in [0.4, 0.5) is 5.13 Å². The van der Waals surface area contributed by atoms with E-state index >= 15 is 0 Å². The van der Waals surface area contributed by atoms with Crippen LogP contribution in [0.3, 0.4) is 0 Å². The van der Waals surface area contributed by atoms with Crippen molar-refractivity contribution in [2.24, 2.45) is 15.9 Å². The van der Waals surface area contributed by atoms with E-state index in [1.807, 2.05) is 25.0 Å². The minimum atomic E-state index is -0.935. The van der Waals surface area contributed by atoms with Gasteiger partial charge in [-0.15, -0.1) is 11.3 Å². The first-order valence-corrected chi connectivity index (χ1v) is 16.4. The summed E-state index contributed by atoms with van der Waals surface area (Å²) < 4.78 is 20.1. The predicted octanol–water partition coefficient (Wildman–Crippen LogP) is 0.238. The zero-order valence-corrected chi connectivity index (χ0v) is 28.6. The number of anilines is 1. The summed E-state index contributed by atoms with van der Waals surface area (Å²) in [5, 5.41) is 29.1. The molecule has 5 atom stereocenters. The van der Waals surface area contributed by atoms with Crippen LogP contribution in [0.5, 0.6) is 5.75 Å². The van der Waals surface area contributed by atoms with E-state index in [-0.39, 0.29) is 53.7 Å². The standard InChI is InChI=1S/C27H36N8O7S2.CH4O.CH2O/c1-13(19-6-4-14-8-15(5-7-20(14)40-19)23(28)31-16-9-17(11-36)30-10-16)41-34-21(18-12-43-26(29)32-18)24(37)33-22-25(38)35(42-44-39)27(22,2)3;2*1-2/h5,7-8,12-13,16-17,19,22,30,36,39H,4,6,9-11H2,1-3H3,(H2,28,31)(H2,29,32)(H,33,37);2H,1H3;1H2/b34-21-;;/t13?,16?,17-,19?,22?;;/m1../s1. The van der Waals surface area contributed by atoms with Gasteiger partial charge in [-0.1, -0.05) is 5.16 Å². The Labute approximate surface area is 286 Å². The molecule has 2 aromatic rings. The van der Waals surface area contributed by atoms with Crippen LogP contribution in [-0.2, 0) is 29.9 Å². The van der Waals surface area contributed by atoms with Gasteiger partial charge < -0.3 is 51.2 Å². The molecule has 4 heterocycles. The van der Waals surface area contributed by atoms with E-state index in [0.717, 1.165) is 41.1 Å². The number of aliphatic hydroxyl groups excluding tert-OH is 2. The van der Waals surface area contributed by atoms with Crippen molar-refractivity contribution in [3.8, 4) is 5.75 Å². The first-order chi connectivity index (χ1) is 23.0. The highest BCUT2D eigenvalue weighted by Crippen LogP contribution is 2.34. The number of β-lactam (4-membered cyclic amide) rings is 1. The van der Waals surface area contributed by atoms with E-state index in [2.05, 4.69) is 25.8 Å². The first kappa shape index (κ1) is 38.6. The van der Waals surface area contributed by atoms with Gasteiger partial charge in [-0.25, -0.2) is 4.98 Å². The molecule has 0 bridgehead atoms. The number of amides is 2. The van der Waals surface area contributed by atoms with E-state index in [0.29, 0.717) is 31.0 Å². The minimum absolute atomic E-state index is 0.0184. The van der Waals surface area contributed by atoms with Gasteiger partial charge in [-0.05, 0) is 63.8 Å². The maximum absolute atomic E-state index is 13.3. The number of hydrogen-bond acceptors (Lipinski definition) is 16. The lowest BCUT2D eigenvalue weighted by Gasteiger charge is -2.50. The van der Waals surface area contributed by atoms with E-state index < -0.39 is 29.5 Å². The van der Waals surface area contributed by atoms with Crippen LogP contribution in [0.1, 0.15) is 50.4 Å². The summed E-state index contributed by atoms with van der Waals surface area (Å²) in [4.78, 5) is 48.4. The summed E-state index contributed by atoms with van der Waals surface area (Å²) in [6, 6.07) is 4.82. The van der Waals surface area contributed by atoms with Crippen molar-refractivity contribution < 1.29 is 43.0 Å². The molecule has 1 aromatic carbocycles. The molecule has 5 rings (SSSR count). The third kappa shape index (κ3) is 8.78. The number of aliphatic hydroxyl groups is 2. The van der Waals surface area contributed by atoms with Gasteiger partial charge in [0.1, 0.15) is 36.2 Å². The molecule has 264 valence electrons. The van der Waals surface area contributed by atoms with Crippen molar-refractivity contribution in [2.75, 3.05) is 26.0 Å². The molecule has 9 N–H and O–H groups in total. The number of carbonyl (C=O) groups excluding carboxylic acids is 3. The number of nitrogens with one attached hydrogen (secondary N) is 2. The third-order valence-corrected chi connectivity index (χ3v) is 8.84. The average Bonchev–Trinajstić information content (AvgIpc) is 3.75. The molecular weight excluding hydrogens is 669 g/mol. The van der Waals surface area contributed by atoms with Crippen LogP contribution < -0.4 is 26.8 Å². The van der Waals surface area contributed by atoms with Gasteiger partial charge in [0.2, 0.25) is 0 Å². The Hall–Kier alpha value is -3.85. The minimum Gasteiger partial charge on any atom is -0.486 e. The van der Waals surface area contributed by atoms with Crippen LogP contribution >= 0.6 is 23.7 Å². The first-order valence-electron chi connectivity index (χ1n) is 14.8. The van der Waals surface area contributed by atoms with Gasteiger partial charge in [0.05, 0.1) is 18.2 Å². The molecule has 4 unspecified atom stereocenters. The van der Waals surface area contributed by atoms with Crippen molar-refractivity contribution in [1.82, 2.24) is 20.7 Å². The molecule has 0 spiro atoms. The summed E-state index contributed by atoms with van der Waals surface area (Å²) in [5.74, 6) is -0.0805. The Morgan fingerprint density at radius 2 is 2.10 bits per heavy atom. The Morgan fingerprint density at radius 3 is 2.71 bits per heavy atom. The van der Waals surface area contributed by atoms with Crippen LogP contribution in [0.2, 0.25) is 0 Å². The van der Waals surface area contributed by atoms with E-state index in [4.69, 9.17) is 39.8 Å². The number of amidine groups is 1. The molecule has 0 aliphatic carbocycles. The number of aliphatic imine (C=N–C) groups is 1. The fourth-order valence-electron chi connectivity index (χ4n) is 5.37. The molecule has 3 aliphatic heterocycles.